The van der Waals surface area contributed by atoms with E-state index in [-0.39, 0.29) is 86.1 Å². The molecular formula is C78H88B3BrF6N24O10. The first-order chi connectivity index (χ1) is 57.4. The van der Waals surface area contributed by atoms with E-state index in [0.29, 0.717) is 55.9 Å². The van der Waals surface area contributed by atoms with Gasteiger partial charge in [0.05, 0.1) is 92.1 Å². The molecule has 0 aliphatic carbocycles. The Hall–Kier alpha value is -11.8. The molecule has 0 radical (unpaired) electrons. The molecule has 15 rings (SSSR count). The zero-order chi connectivity index (χ0) is 88.5. The number of anilines is 3. The molecule has 3 saturated heterocycles. The first kappa shape index (κ1) is 89.4. The summed E-state index contributed by atoms with van der Waals surface area (Å²) in [7, 11) is -1.66. The van der Waals surface area contributed by atoms with E-state index < -0.39 is 86.4 Å². The highest BCUT2D eigenvalue weighted by Gasteiger charge is 2.64. The normalized spacial score (nSPS) is 16.0. The van der Waals surface area contributed by atoms with E-state index in [1.165, 1.54) is 58.7 Å². The maximum atomic E-state index is 14.0. The van der Waals surface area contributed by atoms with Crippen LogP contribution >= 0.6 is 15.9 Å². The number of halogens is 7. The molecule has 44 heteroatoms. The lowest BCUT2D eigenvalue weighted by molar-refractivity contribution is 0.00578. The Morgan fingerprint density at radius 3 is 1.03 bits per heavy atom. The average Bonchev–Trinajstić information content (AvgIpc) is 1.60. The molecular weight excluding hydrogens is 1660 g/mol. The van der Waals surface area contributed by atoms with Crippen LogP contribution in [-0.4, -0.2) is 181 Å². The third kappa shape index (κ3) is 19.7. The molecule has 0 atom stereocenters. The molecule has 12 aromatic heterocycles. The fourth-order valence-electron chi connectivity index (χ4n) is 12.2. The maximum Gasteiger partial charge on any atom is 0.496 e. The van der Waals surface area contributed by atoms with Gasteiger partial charge in [0.2, 0.25) is 0 Å². The van der Waals surface area contributed by atoms with Crippen molar-refractivity contribution in [2.45, 2.75) is 196 Å². The van der Waals surface area contributed by atoms with Gasteiger partial charge in [0, 0.05) is 65.1 Å². The van der Waals surface area contributed by atoms with Crippen LogP contribution in [0.4, 0.5) is 43.8 Å². The highest BCUT2D eigenvalue weighted by molar-refractivity contribution is 9.10. The first-order valence-electron chi connectivity index (χ1n) is 38.4. The second-order valence-electron chi connectivity index (χ2n) is 32.1. The van der Waals surface area contributed by atoms with Gasteiger partial charge >= 0.3 is 21.1 Å². The Bertz CT molecular complexity index is 5480. The maximum absolute atomic E-state index is 14.0. The minimum atomic E-state index is -3.00. The van der Waals surface area contributed by atoms with Crippen LogP contribution in [0.25, 0.3) is 51.6 Å². The van der Waals surface area contributed by atoms with Crippen molar-refractivity contribution in [2.24, 2.45) is 0 Å². The van der Waals surface area contributed by atoms with Crippen LogP contribution < -0.4 is 21.4 Å². The fourth-order valence-corrected chi connectivity index (χ4v) is 12.5. The third-order valence-electron chi connectivity index (χ3n) is 20.9. The summed E-state index contributed by atoms with van der Waals surface area (Å²) in [6.45, 7) is 35.7. The Morgan fingerprint density at radius 1 is 0.418 bits per heavy atom. The van der Waals surface area contributed by atoms with Gasteiger partial charge in [-0.05, 0) is 189 Å². The molecule has 638 valence electrons. The van der Waals surface area contributed by atoms with Gasteiger partial charge in [-0.1, -0.05) is 18.2 Å². The molecule has 3 aliphatic rings. The lowest BCUT2D eigenvalue weighted by Crippen LogP contribution is -2.41. The molecule has 12 aromatic rings. The number of aromatic hydroxyl groups is 1. The van der Waals surface area contributed by atoms with Crippen LogP contribution in [-0.2, 0) is 27.9 Å². The molecule has 0 bridgehead atoms. The number of hydrogen-bond donors (Lipinski definition) is 4. The summed E-state index contributed by atoms with van der Waals surface area (Å²) in [5.74, 6) is -0.475. The van der Waals surface area contributed by atoms with Crippen molar-refractivity contribution in [1.82, 2.24) is 104 Å². The summed E-state index contributed by atoms with van der Waals surface area (Å²) in [6.07, 6.45) is 7.98. The van der Waals surface area contributed by atoms with E-state index in [1.54, 1.807) is 92.0 Å². The number of aromatic nitrogens is 21. The van der Waals surface area contributed by atoms with E-state index >= 15 is 0 Å². The SMILES string of the molecule is CC(C)n1cnnc1-c1cccc(NC(=O)c2cn(-c3cncc(B4OC(C)(C)C(C)(C)O4)c3)nc2C(F)F)n1.CC(C)n1cnnc1-c1cccc(NC(=O)c2cn(-c3cncc(Br)c3)nc2C(F)F)n1.CC(C)n1cnnc1-c1cccc(NC(=O)c2cn(-c3cncc(O)c3)nc2C(F)F)n1.CC1(C)OB(B2OC(C)(C)C(C)(C)O2)OC1(C)C. The van der Waals surface area contributed by atoms with Crippen molar-refractivity contribution >= 4 is 77.7 Å². The number of pyridine rings is 6. The van der Waals surface area contributed by atoms with Gasteiger partial charge in [-0.2, -0.15) is 15.3 Å². The number of nitrogens with one attached hydrogen (secondary N) is 3. The van der Waals surface area contributed by atoms with Gasteiger partial charge in [0.25, 0.3) is 37.0 Å². The number of nitrogens with zero attached hydrogens (tertiary/aromatic N) is 21. The lowest BCUT2D eigenvalue weighted by atomic mass is 9.49. The summed E-state index contributed by atoms with van der Waals surface area (Å²) in [5.41, 5.74) is -2.47. The Labute approximate surface area is 706 Å². The molecule has 122 heavy (non-hydrogen) atoms. The van der Waals surface area contributed by atoms with Crippen LogP contribution in [0.2, 0.25) is 0 Å². The highest BCUT2D eigenvalue weighted by atomic mass is 79.9. The molecule has 3 fully saturated rings. The van der Waals surface area contributed by atoms with Crippen LogP contribution in [0.15, 0.2) is 152 Å². The van der Waals surface area contributed by atoms with Gasteiger partial charge < -0.3 is 62.7 Å². The monoisotopic (exact) mass is 1750 g/mol. The quantitative estimate of drug-likeness (QED) is 0.0407. The Morgan fingerprint density at radius 2 is 0.721 bits per heavy atom. The predicted octanol–water partition coefficient (Wildman–Crippen LogP) is 14.1. The van der Waals surface area contributed by atoms with Gasteiger partial charge in [0.1, 0.15) is 76.3 Å². The largest absolute Gasteiger partial charge is 0.506 e. The molecule has 3 aliphatic heterocycles. The standard InChI is InChI=1S/C26H29BF2N8O3.C20H17BrF2N8O.C20H18F2N8O2.C12H24B2O4/c1-15(2)36-14-31-34-23(36)19-8-7-9-20(32-19)33-24(38)18-13-37(35-21(18)22(28)29)17-10-16(11-30-12-17)27-39-25(3,4)26(5,6)40-27;1-11(2)30-10-25-28-19(30)15-4-3-5-16(26-15)27-20(32)14-9-31(29-17(14)18(22)23)13-6-12(21)7-24-8-13;1-11(2)29-10-24-27-19(29)15-4-3-5-16(25-15)26-20(32)14-9-30(28-17(14)18(21)22)12-6-13(31)8-23-7-12;1-9(2)10(3,4)16-13(15-9)14-17-11(5,6)12(7,8)18-14/h7-15,22H,1-6H3,(H,32,33,38);3-11,18H,1-2H3,(H,26,27,32);3-11,18,31H,1-2H3,(H,25,26,32);1-8H3. The van der Waals surface area contributed by atoms with Crippen molar-refractivity contribution in [3.8, 4) is 57.4 Å². The van der Waals surface area contributed by atoms with Crippen molar-refractivity contribution in [3.05, 3.63) is 186 Å². The van der Waals surface area contributed by atoms with Gasteiger partial charge in [-0.15, -0.1) is 30.6 Å². The highest BCUT2D eigenvalue weighted by Crippen LogP contribution is 2.44. The smallest absolute Gasteiger partial charge is 0.496 e. The molecule has 0 saturated carbocycles. The second kappa shape index (κ2) is 35.7. The molecule has 4 N–H and O–H groups in total. The van der Waals surface area contributed by atoms with Crippen molar-refractivity contribution in [3.63, 3.8) is 0 Å². The summed E-state index contributed by atoms with van der Waals surface area (Å²) < 4.78 is 128. The first-order valence-corrected chi connectivity index (χ1v) is 39.2. The summed E-state index contributed by atoms with van der Waals surface area (Å²) in [5, 5.41) is 52.9. The van der Waals surface area contributed by atoms with E-state index in [2.05, 4.69) is 108 Å². The van der Waals surface area contributed by atoms with Gasteiger partial charge in [-0.3, -0.25) is 29.3 Å². The minimum Gasteiger partial charge on any atom is -0.506 e. The zero-order valence-corrected chi connectivity index (χ0v) is 71.3. The summed E-state index contributed by atoms with van der Waals surface area (Å²) >= 11 is 3.27. The topological polar surface area (TPSA) is 386 Å². The number of hydrogen-bond acceptors (Lipinski definition) is 25. The van der Waals surface area contributed by atoms with Crippen molar-refractivity contribution in [1.29, 1.82) is 0 Å². The number of rotatable bonds is 20. The summed E-state index contributed by atoms with van der Waals surface area (Å²) in [6, 6.07) is 19.7. The lowest BCUT2D eigenvalue weighted by Gasteiger charge is -2.32. The van der Waals surface area contributed by atoms with E-state index in [9.17, 15) is 45.8 Å². The van der Waals surface area contributed by atoms with Crippen LogP contribution in [0, 0.1) is 0 Å². The number of amides is 3. The third-order valence-corrected chi connectivity index (χ3v) is 21.3. The minimum absolute atomic E-state index is 0.0854. The van der Waals surface area contributed by atoms with Crippen LogP contribution in [0.1, 0.15) is 210 Å². The Balaban J connectivity index is 0.000000153. The number of alkyl halides is 6. The molecule has 15 heterocycles. The van der Waals surface area contributed by atoms with E-state index in [0.717, 1.165) is 10.9 Å². The molecule has 0 spiro atoms. The zero-order valence-electron chi connectivity index (χ0n) is 69.7. The number of carbonyl (C=O) groups is 3. The van der Waals surface area contributed by atoms with Gasteiger partial charge in [-0.25, -0.2) is 55.3 Å². The predicted molar refractivity (Wildman–Crippen MR) is 441 cm³/mol. The van der Waals surface area contributed by atoms with Crippen LogP contribution in [0.3, 0.4) is 0 Å². The Kier molecular flexibility index (Phi) is 26.2. The average molecular weight is 1750 g/mol. The van der Waals surface area contributed by atoms with Gasteiger partial charge in [0.15, 0.2) is 17.5 Å². The molecule has 3 amide bonds. The summed E-state index contributed by atoms with van der Waals surface area (Å²) in [4.78, 5) is 63.9. The van der Waals surface area contributed by atoms with Crippen molar-refractivity contribution in [2.75, 3.05) is 16.0 Å². The second-order valence-corrected chi connectivity index (χ2v) is 33.1. The molecule has 0 aromatic carbocycles. The van der Waals surface area contributed by atoms with Crippen molar-refractivity contribution < 1.29 is 73.8 Å². The van der Waals surface area contributed by atoms with E-state index in [4.69, 9.17) is 27.9 Å². The number of carbonyl (C=O) groups excluding carboxylic acids is 3. The molecule has 0 unspecified atom stereocenters. The fraction of sp³-hybridized carbons (Fsp3) is 0.385. The molecule has 34 nitrogen and oxygen atoms in total. The van der Waals surface area contributed by atoms with E-state index in [1.807, 2.05) is 138 Å². The van der Waals surface area contributed by atoms with Crippen LogP contribution in [0.5, 0.6) is 5.75 Å².